The normalized spacial score (nSPS) is 11.5. The van der Waals surface area contributed by atoms with Crippen molar-refractivity contribution in [3.8, 4) is 12.3 Å². The molecular formula is C9H13NO3. The SMILES string of the molecule is C#CC(=O)N(CCC)[C@H](C)C(=O)O. The Morgan fingerprint density at radius 3 is 2.46 bits per heavy atom. The Morgan fingerprint density at radius 2 is 2.15 bits per heavy atom. The largest absolute Gasteiger partial charge is 0.480 e. The molecule has 0 aromatic heterocycles. The van der Waals surface area contributed by atoms with Crippen molar-refractivity contribution in [1.82, 2.24) is 4.90 Å². The Balaban J connectivity index is 4.52. The summed E-state index contributed by atoms with van der Waals surface area (Å²) in [4.78, 5) is 22.8. The maximum Gasteiger partial charge on any atom is 0.326 e. The highest BCUT2D eigenvalue weighted by atomic mass is 16.4. The molecule has 0 saturated heterocycles. The number of rotatable bonds is 4. The summed E-state index contributed by atoms with van der Waals surface area (Å²) in [5.74, 6) is 0.292. The molecule has 0 rings (SSSR count). The molecule has 0 saturated carbocycles. The average molecular weight is 183 g/mol. The summed E-state index contributed by atoms with van der Waals surface area (Å²) in [6.45, 7) is 3.66. The number of terminal acetylenes is 1. The summed E-state index contributed by atoms with van der Waals surface area (Å²) in [6.07, 6.45) is 5.59. The Hall–Kier alpha value is -1.50. The predicted molar refractivity (Wildman–Crippen MR) is 47.9 cm³/mol. The molecule has 4 nitrogen and oxygen atoms in total. The standard InChI is InChI=1S/C9H13NO3/c1-4-6-10(8(11)5-2)7(3)9(12)13/h2,7H,4,6H2,1,3H3,(H,12,13)/t7-/m1/s1. The van der Waals surface area contributed by atoms with Gasteiger partial charge in [0.25, 0.3) is 5.91 Å². The minimum Gasteiger partial charge on any atom is -0.480 e. The second-order valence-electron chi connectivity index (χ2n) is 2.66. The van der Waals surface area contributed by atoms with Crippen molar-refractivity contribution in [2.45, 2.75) is 26.3 Å². The third-order valence-electron chi connectivity index (χ3n) is 1.67. The van der Waals surface area contributed by atoms with Crippen LogP contribution < -0.4 is 0 Å². The minimum absolute atomic E-state index is 0.372. The third kappa shape index (κ3) is 3.16. The second kappa shape index (κ2) is 5.20. The predicted octanol–water partition coefficient (Wildman–Crippen LogP) is 0.331. The number of carboxylic acids is 1. The number of hydrogen-bond donors (Lipinski definition) is 1. The first-order valence-corrected chi connectivity index (χ1v) is 4.04. The lowest BCUT2D eigenvalue weighted by Gasteiger charge is -2.23. The average Bonchev–Trinajstić information content (AvgIpc) is 2.11. The lowest BCUT2D eigenvalue weighted by atomic mass is 10.2. The quantitative estimate of drug-likeness (QED) is 0.639. The number of amides is 1. The Labute approximate surface area is 77.5 Å². The molecule has 1 atom stereocenters. The van der Waals surface area contributed by atoms with Crippen molar-refractivity contribution in [3.05, 3.63) is 0 Å². The van der Waals surface area contributed by atoms with E-state index in [9.17, 15) is 9.59 Å². The fourth-order valence-electron chi connectivity index (χ4n) is 0.928. The highest BCUT2D eigenvalue weighted by molar-refractivity contribution is 5.95. The fraction of sp³-hybridized carbons (Fsp3) is 0.556. The number of carbonyl (C=O) groups is 2. The molecular weight excluding hydrogens is 170 g/mol. The molecule has 72 valence electrons. The van der Waals surface area contributed by atoms with Gasteiger partial charge in [-0.25, -0.2) is 4.79 Å². The van der Waals surface area contributed by atoms with Gasteiger partial charge in [-0.05, 0) is 19.3 Å². The first kappa shape index (κ1) is 11.5. The Kier molecular flexibility index (Phi) is 4.60. The van der Waals surface area contributed by atoms with Crippen LogP contribution in [0.3, 0.4) is 0 Å². The minimum atomic E-state index is -1.04. The van der Waals surface area contributed by atoms with Crippen LogP contribution in [0.15, 0.2) is 0 Å². The van der Waals surface area contributed by atoms with Gasteiger partial charge in [0.15, 0.2) is 0 Å². The molecule has 0 aromatic carbocycles. The van der Waals surface area contributed by atoms with Gasteiger partial charge < -0.3 is 10.0 Å². The van der Waals surface area contributed by atoms with Crippen LogP contribution in [0.4, 0.5) is 0 Å². The molecule has 0 aliphatic carbocycles. The molecule has 1 amide bonds. The van der Waals surface area contributed by atoms with Crippen molar-refractivity contribution in [1.29, 1.82) is 0 Å². The van der Waals surface area contributed by atoms with Crippen molar-refractivity contribution < 1.29 is 14.7 Å². The number of aliphatic carboxylic acids is 1. The van der Waals surface area contributed by atoms with E-state index in [1.807, 2.05) is 12.8 Å². The maximum atomic E-state index is 11.1. The highest BCUT2D eigenvalue weighted by Gasteiger charge is 2.23. The van der Waals surface area contributed by atoms with Gasteiger partial charge in [0.1, 0.15) is 6.04 Å². The number of hydrogen-bond acceptors (Lipinski definition) is 2. The molecule has 0 aliphatic heterocycles. The molecule has 0 radical (unpaired) electrons. The first-order valence-electron chi connectivity index (χ1n) is 4.04. The van der Waals surface area contributed by atoms with Gasteiger partial charge in [0, 0.05) is 6.54 Å². The Morgan fingerprint density at radius 1 is 1.62 bits per heavy atom. The van der Waals surface area contributed by atoms with Gasteiger partial charge in [-0.3, -0.25) is 4.79 Å². The molecule has 0 aliphatic rings. The Bertz CT molecular complexity index is 242. The molecule has 1 N–H and O–H groups in total. The van der Waals surface area contributed by atoms with E-state index in [1.165, 1.54) is 11.8 Å². The molecule has 0 bridgehead atoms. The van der Waals surface area contributed by atoms with Gasteiger partial charge in [-0.15, -0.1) is 6.42 Å². The number of carboxylic acid groups (broad SMARTS) is 1. The zero-order valence-electron chi connectivity index (χ0n) is 7.78. The second-order valence-corrected chi connectivity index (χ2v) is 2.66. The van der Waals surface area contributed by atoms with Crippen molar-refractivity contribution >= 4 is 11.9 Å². The van der Waals surface area contributed by atoms with Crippen molar-refractivity contribution in [2.24, 2.45) is 0 Å². The molecule has 4 heteroatoms. The lowest BCUT2D eigenvalue weighted by molar-refractivity contribution is -0.147. The van der Waals surface area contributed by atoms with E-state index in [0.717, 1.165) is 0 Å². The summed E-state index contributed by atoms with van der Waals surface area (Å²) in [5.41, 5.74) is 0. The van der Waals surface area contributed by atoms with Crippen LogP contribution in [0.2, 0.25) is 0 Å². The summed E-state index contributed by atoms with van der Waals surface area (Å²) >= 11 is 0. The summed E-state index contributed by atoms with van der Waals surface area (Å²) < 4.78 is 0. The van der Waals surface area contributed by atoms with E-state index < -0.39 is 17.9 Å². The topological polar surface area (TPSA) is 57.6 Å². The van der Waals surface area contributed by atoms with Gasteiger partial charge in [-0.2, -0.15) is 0 Å². The van der Waals surface area contributed by atoms with Crippen LogP contribution in [0.1, 0.15) is 20.3 Å². The molecule has 0 unspecified atom stereocenters. The van der Waals surface area contributed by atoms with Crippen LogP contribution in [-0.4, -0.2) is 34.5 Å². The summed E-state index contributed by atoms with van der Waals surface area (Å²) in [5, 5.41) is 8.66. The summed E-state index contributed by atoms with van der Waals surface area (Å²) in [6, 6.07) is -0.858. The van der Waals surface area contributed by atoms with E-state index in [0.29, 0.717) is 13.0 Å². The molecule has 0 fully saturated rings. The van der Waals surface area contributed by atoms with E-state index in [4.69, 9.17) is 11.5 Å². The monoisotopic (exact) mass is 183 g/mol. The number of nitrogens with zero attached hydrogens (tertiary/aromatic N) is 1. The van der Waals surface area contributed by atoms with Crippen LogP contribution >= 0.6 is 0 Å². The molecule has 0 heterocycles. The van der Waals surface area contributed by atoms with Gasteiger partial charge in [0.2, 0.25) is 0 Å². The zero-order chi connectivity index (χ0) is 10.4. The van der Waals surface area contributed by atoms with Crippen molar-refractivity contribution in [2.75, 3.05) is 6.54 Å². The third-order valence-corrected chi connectivity index (χ3v) is 1.67. The zero-order valence-corrected chi connectivity index (χ0v) is 7.78. The van der Waals surface area contributed by atoms with Crippen molar-refractivity contribution in [3.63, 3.8) is 0 Å². The molecule has 0 spiro atoms. The molecule has 13 heavy (non-hydrogen) atoms. The van der Waals surface area contributed by atoms with Crippen LogP contribution in [0.25, 0.3) is 0 Å². The lowest BCUT2D eigenvalue weighted by Crippen LogP contribution is -2.43. The van der Waals surface area contributed by atoms with E-state index in [1.54, 1.807) is 0 Å². The summed E-state index contributed by atoms with van der Waals surface area (Å²) in [7, 11) is 0. The first-order chi connectivity index (χ1) is 6.04. The van der Waals surface area contributed by atoms with E-state index in [-0.39, 0.29) is 0 Å². The van der Waals surface area contributed by atoms with Crippen LogP contribution in [-0.2, 0) is 9.59 Å². The van der Waals surface area contributed by atoms with Gasteiger partial charge >= 0.3 is 5.97 Å². The fourth-order valence-corrected chi connectivity index (χ4v) is 0.928. The number of carbonyl (C=O) groups excluding carboxylic acids is 1. The van der Waals surface area contributed by atoms with Crippen LogP contribution in [0.5, 0.6) is 0 Å². The molecule has 0 aromatic rings. The van der Waals surface area contributed by atoms with Crippen LogP contribution in [0, 0.1) is 12.3 Å². The maximum absolute atomic E-state index is 11.1. The smallest absolute Gasteiger partial charge is 0.326 e. The van der Waals surface area contributed by atoms with E-state index in [2.05, 4.69) is 0 Å². The highest BCUT2D eigenvalue weighted by Crippen LogP contribution is 2.01. The van der Waals surface area contributed by atoms with Gasteiger partial charge in [-0.1, -0.05) is 6.92 Å². The van der Waals surface area contributed by atoms with Gasteiger partial charge in [0.05, 0.1) is 0 Å². The van der Waals surface area contributed by atoms with E-state index >= 15 is 0 Å².